The number of methoxy groups -OCH3 is 2. The van der Waals surface area contributed by atoms with E-state index in [0.29, 0.717) is 0 Å². The Morgan fingerprint density at radius 3 is 1.37 bits per heavy atom. The minimum Gasteiger partial charge on any atom is -0.394 e. The highest BCUT2D eigenvalue weighted by Gasteiger charge is 2.47. The molecule has 0 aliphatic carbocycles. The molecule has 0 spiro atoms. The number of rotatable bonds is 6. The number of ether oxygens (including phenoxy) is 6. The minimum atomic E-state index is -1.49. The first kappa shape index (κ1) is 37.4. The molecule has 0 bridgehead atoms. The van der Waals surface area contributed by atoms with Gasteiger partial charge in [0.05, 0.1) is 19.3 Å². The van der Waals surface area contributed by atoms with E-state index in [1.165, 1.54) is 21.1 Å². The van der Waals surface area contributed by atoms with Crippen LogP contribution in [0.15, 0.2) is 0 Å². The fraction of sp³-hybridized carbons (Fsp3) is 1.00. The summed E-state index contributed by atoms with van der Waals surface area (Å²) < 4.78 is 30.3. The maximum absolute atomic E-state index is 9.90. The molecule has 0 saturated carbocycles. The summed E-state index contributed by atoms with van der Waals surface area (Å²) in [7, 11) is 2.57. The topological polar surface area (TPSA) is 258 Å². The van der Waals surface area contributed by atoms with Crippen molar-refractivity contribution in [2.75, 3.05) is 27.4 Å². The van der Waals surface area contributed by atoms with Gasteiger partial charge in [-0.15, -0.1) is 0 Å². The van der Waals surface area contributed by atoms with Crippen molar-refractivity contribution in [2.24, 2.45) is 0 Å². The second kappa shape index (κ2) is 16.6. The Morgan fingerprint density at radius 2 is 0.921 bits per heavy atom. The largest absolute Gasteiger partial charge is 0.394 e. The normalized spacial score (nSPS) is 47.1. The van der Waals surface area contributed by atoms with E-state index in [4.69, 9.17) is 33.5 Å². The maximum Gasteiger partial charge on any atom is 0.186 e. The summed E-state index contributed by atoms with van der Waals surface area (Å²) in [5.41, 5.74) is 0. The number of hydrogen-bond donors (Lipinski definition) is 10. The molecule has 3 heterocycles. The standard InChI is InChI=1S/C13H24O10.C7H14O6.2CH4/c1-4-6(14)8(16)11(19)13(22-4)21-3-5-7(15)9(17)10(18)12(20-2)23-5;1-12-7-6(11)5(10)4(9)3(2-8)13-7;;/h4-19H,3H2,1-2H3;3-11H,2H2,1H3;2*1H4. The van der Waals surface area contributed by atoms with Gasteiger partial charge in [0.1, 0.15) is 67.1 Å². The molecule has 0 aromatic heterocycles. The van der Waals surface area contributed by atoms with Crippen LogP contribution >= 0.6 is 0 Å². The molecule has 10 N–H and O–H groups in total. The van der Waals surface area contributed by atoms with Gasteiger partial charge in [0.25, 0.3) is 0 Å². The van der Waals surface area contributed by atoms with Gasteiger partial charge in [-0.1, -0.05) is 14.9 Å². The molecule has 3 aliphatic rings. The van der Waals surface area contributed by atoms with Crippen LogP contribution in [-0.4, -0.2) is 171 Å². The Morgan fingerprint density at radius 1 is 0.526 bits per heavy atom. The van der Waals surface area contributed by atoms with E-state index in [1.807, 2.05) is 0 Å². The van der Waals surface area contributed by atoms with Crippen LogP contribution in [0, 0.1) is 0 Å². The van der Waals surface area contributed by atoms with Gasteiger partial charge in [0.15, 0.2) is 18.9 Å². The Balaban J connectivity index is 0.000000784. The van der Waals surface area contributed by atoms with Gasteiger partial charge in [-0.2, -0.15) is 0 Å². The van der Waals surface area contributed by atoms with Crippen LogP contribution in [0.25, 0.3) is 0 Å². The lowest BCUT2D eigenvalue weighted by Gasteiger charge is -2.42. The predicted octanol–water partition coefficient (Wildman–Crippen LogP) is -5.01. The fourth-order valence-electron chi connectivity index (χ4n) is 3.85. The van der Waals surface area contributed by atoms with Crippen molar-refractivity contribution < 1.29 is 79.5 Å². The van der Waals surface area contributed by atoms with Crippen LogP contribution in [0.4, 0.5) is 0 Å². The van der Waals surface area contributed by atoms with Gasteiger partial charge in [-0.3, -0.25) is 0 Å². The Bertz CT molecular complexity index is 622. The smallest absolute Gasteiger partial charge is 0.186 e. The molecule has 3 fully saturated rings. The zero-order valence-electron chi connectivity index (χ0n) is 20.0. The van der Waals surface area contributed by atoms with Gasteiger partial charge >= 0.3 is 0 Å². The molecule has 15 unspecified atom stereocenters. The van der Waals surface area contributed by atoms with Crippen molar-refractivity contribution in [2.45, 2.75) is 114 Å². The summed E-state index contributed by atoms with van der Waals surface area (Å²) in [5, 5.41) is 95.0. The number of aliphatic hydroxyl groups is 10. The summed E-state index contributed by atoms with van der Waals surface area (Å²) in [6, 6.07) is 0. The zero-order valence-corrected chi connectivity index (χ0v) is 20.0. The van der Waals surface area contributed by atoms with E-state index < -0.39 is 98.7 Å². The second-order valence-electron chi connectivity index (χ2n) is 8.70. The lowest BCUT2D eigenvalue weighted by Crippen LogP contribution is -2.61. The molecular formula is C22H46O16. The van der Waals surface area contributed by atoms with Crippen molar-refractivity contribution in [3.63, 3.8) is 0 Å². The van der Waals surface area contributed by atoms with Crippen LogP contribution in [0.1, 0.15) is 21.8 Å². The predicted molar refractivity (Wildman–Crippen MR) is 126 cm³/mol. The molecule has 0 amide bonds. The third-order valence-corrected chi connectivity index (χ3v) is 6.21. The van der Waals surface area contributed by atoms with Crippen LogP contribution in [0.3, 0.4) is 0 Å². The van der Waals surface area contributed by atoms with E-state index in [-0.39, 0.29) is 21.5 Å². The molecule has 230 valence electrons. The summed E-state index contributed by atoms with van der Waals surface area (Å²) in [4.78, 5) is 0. The number of hydrogen-bond acceptors (Lipinski definition) is 16. The molecule has 38 heavy (non-hydrogen) atoms. The van der Waals surface area contributed by atoms with Crippen molar-refractivity contribution in [1.82, 2.24) is 0 Å². The van der Waals surface area contributed by atoms with Crippen molar-refractivity contribution >= 4 is 0 Å². The van der Waals surface area contributed by atoms with Crippen molar-refractivity contribution in [3.05, 3.63) is 0 Å². The highest BCUT2D eigenvalue weighted by atomic mass is 16.7. The summed E-state index contributed by atoms with van der Waals surface area (Å²) >= 11 is 0. The molecule has 16 heteroatoms. The second-order valence-corrected chi connectivity index (χ2v) is 8.70. The summed E-state index contributed by atoms with van der Waals surface area (Å²) in [6.45, 7) is 0.760. The average Bonchev–Trinajstić information content (AvgIpc) is 2.87. The highest BCUT2D eigenvalue weighted by Crippen LogP contribution is 2.25. The lowest BCUT2D eigenvalue weighted by atomic mass is 9.99. The fourth-order valence-corrected chi connectivity index (χ4v) is 3.85. The quantitative estimate of drug-likeness (QED) is 0.144. The molecule has 3 aliphatic heterocycles. The van der Waals surface area contributed by atoms with E-state index in [1.54, 1.807) is 0 Å². The van der Waals surface area contributed by atoms with Gasteiger partial charge in [-0.05, 0) is 6.92 Å². The van der Waals surface area contributed by atoms with E-state index >= 15 is 0 Å². The average molecular weight is 567 g/mol. The highest BCUT2D eigenvalue weighted by molar-refractivity contribution is 4.91. The van der Waals surface area contributed by atoms with E-state index in [2.05, 4.69) is 0 Å². The molecule has 0 aromatic rings. The SMILES string of the molecule is C.C.COC1OC(CO)C(O)C(O)C1O.COC1OC(COC2OC(C)C(O)C(O)C2O)C(O)C(O)C1O. The Labute approximate surface area is 221 Å². The first-order valence-corrected chi connectivity index (χ1v) is 11.3. The number of aliphatic hydroxyl groups excluding tert-OH is 10. The van der Waals surface area contributed by atoms with Crippen molar-refractivity contribution in [3.8, 4) is 0 Å². The molecular weight excluding hydrogens is 520 g/mol. The van der Waals surface area contributed by atoms with Crippen LogP contribution in [-0.2, 0) is 28.4 Å². The third-order valence-electron chi connectivity index (χ3n) is 6.21. The van der Waals surface area contributed by atoms with Crippen LogP contribution < -0.4 is 0 Å². The van der Waals surface area contributed by atoms with Crippen LogP contribution in [0.2, 0.25) is 0 Å². The minimum absolute atomic E-state index is 0. The zero-order chi connectivity index (χ0) is 27.3. The molecule has 0 radical (unpaired) electrons. The Hall–Kier alpha value is -0.640. The molecule has 3 rings (SSSR count). The van der Waals surface area contributed by atoms with Gasteiger partial charge in [0, 0.05) is 14.2 Å². The van der Waals surface area contributed by atoms with Crippen molar-refractivity contribution in [1.29, 1.82) is 0 Å². The molecule has 0 aromatic carbocycles. The lowest BCUT2D eigenvalue weighted by molar-refractivity contribution is -0.325. The summed E-state index contributed by atoms with van der Waals surface area (Å²) in [6.07, 6.45) is -18.7. The van der Waals surface area contributed by atoms with Crippen LogP contribution in [0.5, 0.6) is 0 Å². The molecule has 16 nitrogen and oxygen atoms in total. The van der Waals surface area contributed by atoms with E-state index in [9.17, 15) is 46.0 Å². The van der Waals surface area contributed by atoms with Gasteiger partial charge in [0.2, 0.25) is 0 Å². The molecule has 3 saturated heterocycles. The van der Waals surface area contributed by atoms with E-state index in [0.717, 1.165) is 0 Å². The van der Waals surface area contributed by atoms with Gasteiger partial charge < -0.3 is 79.5 Å². The summed E-state index contributed by atoms with van der Waals surface area (Å²) in [5.74, 6) is 0. The Kier molecular flexibility index (Phi) is 16.3. The first-order valence-electron chi connectivity index (χ1n) is 11.3. The first-order chi connectivity index (χ1) is 16.9. The maximum atomic E-state index is 9.90. The molecule has 15 atom stereocenters. The third kappa shape index (κ3) is 8.43. The monoisotopic (exact) mass is 566 g/mol. The van der Waals surface area contributed by atoms with Gasteiger partial charge in [-0.25, -0.2) is 0 Å².